The van der Waals surface area contributed by atoms with Crippen molar-refractivity contribution in [3.05, 3.63) is 77.1 Å². The van der Waals surface area contributed by atoms with Gasteiger partial charge in [-0.25, -0.2) is 12.8 Å². The third-order valence-electron chi connectivity index (χ3n) is 4.59. The highest BCUT2D eigenvalue weighted by atomic mass is 32.2. The first-order valence-corrected chi connectivity index (χ1v) is 10.6. The molecule has 0 aliphatic rings. The number of aryl methyl sites for hydroxylation is 1. The van der Waals surface area contributed by atoms with E-state index in [4.69, 9.17) is 4.74 Å². The highest BCUT2D eigenvalue weighted by Crippen LogP contribution is 2.38. The molecule has 148 valence electrons. The van der Waals surface area contributed by atoms with E-state index in [0.717, 1.165) is 6.26 Å². The van der Waals surface area contributed by atoms with E-state index >= 15 is 0 Å². The Bertz CT molecular complexity index is 1400. The summed E-state index contributed by atoms with van der Waals surface area (Å²) in [7, 11) is -1.87. The van der Waals surface area contributed by atoms with E-state index in [1.165, 1.54) is 41.0 Å². The molecule has 0 radical (unpaired) electrons. The third-order valence-corrected chi connectivity index (χ3v) is 5.70. The molecular weight excluding hydrogens is 395 g/mol. The molecule has 2 aromatic heterocycles. The van der Waals surface area contributed by atoms with Crippen LogP contribution in [-0.4, -0.2) is 24.2 Å². The minimum Gasteiger partial charge on any atom is -0.457 e. The molecule has 0 fully saturated rings. The number of aromatic nitrogens is 2. The molecule has 0 aliphatic heterocycles. The molecule has 0 aliphatic carbocycles. The zero-order valence-corrected chi connectivity index (χ0v) is 16.5. The van der Waals surface area contributed by atoms with Gasteiger partial charge >= 0.3 is 0 Å². The maximum absolute atomic E-state index is 13.6. The van der Waals surface area contributed by atoms with Gasteiger partial charge in [-0.15, -0.1) is 0 Å². The number of rotatable bonds is 4. The Morgan fingerprint density at radius 3 is 2.59 bits per heavy atom. The highest BCUT2D eigenvalue weighted by Gasteiger charge is 2.18. The molecule has 4 rings (SSSR count). The van der Waals surface area contributed by atoms with Crippen molar-refractivity contribution in [1.82, 2.24) is 9.55 Å². The van der Waals surface area contributed by atoms with Crippen LogP contribution >= 0.6 is 0 Å². The maximum Gasteiger partial charge on any atom is 0.274 e. The Kier molecular flexibility index (Phi) is 4.50. The van der Waals surface area contributed by atoms with Crippen molar-refractivity contribution in [3.8, 4) is 22.6 Å². The van der Waals surface area contributed by atoms with Crippen molar-refractivity contribution < 1.29 is 17.5 Å². The number of benzene rings is 2. The van der Waals surface area contributed by atoms with Crippen LogP contribution in [-0.2, 0) is 16.9 Å². The summed E-state index contributed by atoms with van der Waals surface area (Å²) in [6.07, 6.45) is 4.38. The summed E-state index contributed by atoms with van der Waals surface area (Å²) in [5, 5.41) is 0.628. The lowest BCUT2D eigenvalue weighted by atomic mass is 10.0. The molecule has 0 atom stereocenters. The van der Waals surface area contributed by atoms with Crippen LogP contribution in [0.1, 0.15) is 0 Å². The molecule has 0 bridgehead atoms. The molecule has 6 nitrogen and oxygen atoms in total. The predicted octanol–water partition coefficient (Wildman–Crippen LogP) is 3.87. The molecule has 0 saturated heterocycles. The Balaban J connectivity index is 1.99. The fourth-order valence-corrected chi connectivity index (χ4v) is 3.83. The van der Waals surface area contributed by atoms with Gasteiger partial charge in [0.25, 0.3) is 5.56 Å². The van der Waals surface area contributed by atoms with Gasteiger partial charge in [-0.3, -0.25) is 4.79 Å². The normalized spacial score (nSPS) is 11.7. The first-order valence-electron chi connectivity index (χ1n) is 8.68. The zero-order chi connectivity index (χ0) is 20.8. The third kappa shape index (κ3) is 3.54. The number of nitrogens with one attached hydrogen (secondary N) is 1. The second-order valence-corrected chi connectivity index (χ2v) is 8.73. The zero-order valence-electron chi connectivity index (χ0n) is 15.6. The lowest BCUT2D eigenvalue weighted by Crippen LogP contribution is -2.16. The van der Waals surface area contributed by atoms with Gasteiger partial charge in [0.1, 0.15) is 22.8 Å². The first kappa shape index (κ1) is 18.9. The number of hydrogen-bond donors (Lipinski definition) is 1. The van der Waals surface area contributed by atoms with Gasteiger partial charge in [0.2, 0.25) is 0 Å². The molecule has 0 spiro atoms. The van der Waals surface area contributed by atoms with E-state index in [-0.39, 0.29) is 16.2 Å². The minimum absolute atomic E-state index is 0.108. The van der Waals surface area contributed by atoms with Crippen LogP contribution in [0.25, 0.3) is 22.0 Å². The highest BCUT2D eigenvalue weighted by molar-refractivity contribution is 7.90. The number of pyridine rings is 1. The Hall–Kier alpha value is -3.39. The number of aromatic amines is 1. The molecule has 29 heavy (non-hydrogen) atoms. The van der Waals surface area contributed by atoms with Crippen molar-refractivity contribution in [1.29, 1.82) is 0 Å². The summed E-state index contributed by atoms with van der Waals surface area (Å²) in [5.74, 6) is 0.157. The second kappa shape index (κ2) is 6.89. The number of hydrogen-bond acceptors (Lipinski definition) is 4. The second-order valence-electron chi connectivity index (χ2n) is 6.71. The Labute approximate surface area is 166 Å². The van der Waals surface area contributed by atoms with Crippen molar-refractivity contribution in [3.63, 3.8) is 0 Å². The van der Waals surface area contributed by atoms with Crippen LogP contribution in [0.15, 0.2) is 70.6 Å². The van der Waals surface area contributed by atoms with Gasteiger partial charge < -0.3 is 14.3 Å². The topological polar surface area (TPSA) is 81.2 Å². The summed E-state index contributed by atoms with van der Waals surface area (Å²) < 4.78 is 45.1. The Morgan fingerprint density at radius 1 is 1.07 bits per heavy atom. The van der Waals surface area contributed by atoms with E-state index in [9.17, 15) is 17.6 Å². The van der Waals surface area contributed by atoms with Crippen LogP contribution in [0.2, 0.25) is 0 Å². The van der Waals surface area contributed by atoms with Gasteiger partial charge in [-0.2, -0.15) is 0 Å². The average molecular weight is 412 g/mol. The number of H-pyrrole nitrogens is 1. The van der Waals surface area contributed by atoms with Gasteiger partial charge in [0.05, 0.1) is 4.90 Å². The van der Waals surface area contributed by atoms with E-state index in [2.05, 4.69) is 4.98 Å². The van der Waals surface area contributed by atoms with E-state index < -0.39 is 15.7 Å². The van der Waals surface area contributed by atoms with Crippen molar-refractivity contribution in [2.24, 2.45) is 7.05 Å². The molecule has 1 N–H and O–H groups in total. The van der Waals surface area contributed by atoms with Crippen LogP contribution in [0, 0.1) is 5.82 Å². The van der Waals surface area contributed by atoms with Crippen LogP contribution in [0.4, 0.5) is 4.39 Å². The number of ether oxygens (including phenoxy) is 1. The summed E-state index contributed by atoms with van der Waals surface area (Å²) in [5.41, 5.74) is 1.27. The minimum atomic E-state index is -3.48. The number of nitrogens with zero attached hydrogens (tertiary/aromatic N) is 1. The fraction of sp³-hybridized carbons (Fsp3) is 0.0952. The van der Waals surface area contributed by atoms with Gasteiger partial charge in [-0.05, 0) is 36.4 Å². The molecule has 2 aromatic carbocycles. The van der Waals surface area contributed by atoms with Crippen molar-refractivity contribution in [2.75, 3.05) is 6.26 Å². The summed E-state index contributed by atoms with van der Waals surface area (Å²) in [4.78, 5) is 15.4. The molecule has 8 heteroatoms. The van der Waals surface area contributed by atoms with Gasteiger partial charge in [-0.1, -0.05) is 6.07 Å². The lowest BCUT2D eigenvalue weighted by Gasteiger charge is -2.15. The van der Waals surface area contributed by atoms with Gasteiger partial charge in [0.15, 0.2) is 9.84 Å². The fourth-order valence-electron chi connectivity index (χ4n) is 3.18. The smallest absolute Gasteiger partial charge is 0.274 e. The van der Waals surface area contributed by atoms with E-state index in [0.29, 0.717) is 27.8 Å². The quantitative estimate of drug-likeness (QED) is 0.552. The monoisotopic (exact) mass is 412 g/mol. The SMILES string of the molecule is Cn1cc(-c2cc(S(C)(=O)=O)ccc2Oc2cccc(F)c2)c2cc[nH]c2c1=O. The molecule has 2 heterocycles. The first-order chi connectivity index (χ1) is 13.7. The summed E-state index contributed by atoms with van der Waals surface area (Å²) in [6.45, 7) is 0. The largest absolute Gasteiger partial charge is 0.457 e. The Morgan fingerprint density at radius 2 is 1.86 bits per heavy atom. The predicted molar refractivity (Wildman–Crippen MR) is 109 cm³/mol. The van der Waals surface area contributed by atoms with Crippen LogP contribution < -0.4 is 10.3 Å². The molecule has 0 amide bonds. The number of halogens is 1. The summed E-state index contributed by atoms with van der Waals surface area (Å²) >= 11 is 0. The number of sulfone groups is 1. The number of fused-ring (bicyclic) bond motifs is 1. The van der Waals surface area contributed by atoms with Crippen molar-refractivity contribution in [2.45, 2.75) is 4.90 Å². The van der Waals surface area contributed by atoms with Crippen molar-refractivity contribution >= 4 is 20.7 Å². The van der Waals surface area contributed by atoms with E-state index in [1.807, 2.05) is 0 Å². The van der Waals surface area contributed by atoms with Gasteiger partial charge in [0, 0.05) is 48.3 Å². The standard InChI is InChI=1S/C21H17FN2O4S/c1-24-12-18(16-8-9-23-20(16)21(24)25)17-11-15(29(2,26)27)6-7-19(17)28-14-5-3-4-13(22)10-14/h3-12,23H,1-2H3. The maximum atomic E-state index is 13.6. The van der Waals surface area contributed by atoms with E-state index in [1.54, 1.807) is 31.6 Å². The molecule has 4 aromatic rings. The molecule has 0 saturated carbocycles. The molecular formula is C21H17FN2O4S. The molecule has 0 unspecified atom stereocenters. The average Bonchev–Trinajstić information content (AvgIpc) is 3.14. The van der Waals surface area contributed by atoms with Crippen LogP contribution in [0.5, 0.6) is 11.5 Å². The summed E-state index contributed by atoms with van der Waals surface area (Å²) in [6, 6.07) is 11.9. The van der Waals surface area contributed by atoms with Crippen LogP contribution in [0.3, 0.4) is 0 Å². The lowest BCUT2D eigenvalue weighted by molar-refractivity contribution is 0.478.